The smallest absolute Gasteiger partial charge is 0.276 e. The van der Waals surface area contributed by atoms with Gasteiger partial charge in [0.15, 0.2) is 11.7 Å². The number of carbonyl (C=O) groups is 2. The van der Waals surface area contributed by atoms with Crippen LogP contribution in [0.15, 0.2) is 47.9 Å². The van der Waals surface area contributed by atoms with Crippen LogP contribution in [0.2, 0.25) is 0 Å². The minimum Gasteiger partial charge on any atom is -0.484 e. The van der Waals surface area contributed by atoms with E-state index in [9.17, 15) is 9.59 Å². The van der Waals surface area contributed by atoms with Crippen molar-refractivity contribution in [2.24, 2.45) is 0 Å². The van der Waals surface area contributed by atoms with E-state index in [0.29, 0.717) is 5.75 Å². The normalized spacial score (nSPS) is 10.3. The molecule has 2 amide bonds. The van der Waals surface area contributed by atoms with Crippen LogP contribution in [0.3, 0.4) is 0 Å². The molecule has 3 N–H and O–H groups in total. The Morgan fingerprint density at radius 1 is 1.20 bits per heavy atom. The van der Waals surface area contributed by atoms with E-state index in [1.807, 2.05) is 36.6 Å². The van der Waals surface area contributed by atoms with E-state index in [4.69, 9.17) is 17.0 Å². The molecule has 0 aliphatic heterocycles. The highest BCUT2D eigenvalue weighted by molar-refractivity contribution is 7.80. The molecule has 6 nitrogen and oxygen atoms in total. The average Bonchev–Trinajstić information content (AvgIpc) is 3.11. The van der Waals surface area contributed by atoms with Crippen LogP contribution in [0.25, 0.3) is 6.08 Å². The standard InChI is InChI=1S/C17H17N3O3S2/c1-12-4-6-13(7-5-12)23-11-16(22)19-20-17(24)18-15(21)9-8-14-3-2-10-25-14/h2-10H,11H2,1H3,(H,19,22)(H2,18,20,21,24)/b9-8+. The lowest BCUT2D eigenvalue weighted by Gasteiger charge is -2.10. The van der Waals surface area contributed by atoms with Gasteiger partial charge in [0, 0.05) is 11.0 Å². The largest absolute Gasteiger partial charge is 0.484 e. The van der Waals surface area contributed by atoms with Crippen LogP contribution in [-0.4, -0.2) is 23.5 Å². The second-order valence-corrected chi connectivity index (χ2v) is 6.33. The Balaban J connectivity index is 1.65. The van der Waals surface area contributed by atoms with Gasteiger partial charge in [-0.3, -0.25) is 25.8 Å². The molecule has 0 spiro atoms. The number of hydrazine groups is 1. The fourth-order valence-corrected chi connectivity index (χ4v) is 2.44. The van der Waals surface area contributed by atoms with E-state index in [0.717, 1.165) is 10.4 Å². The first-order valence-corrected chi connectivity index (χ1v) is 8.62. The maximum absolute atomic E-state index is 11.7. The summed E-state index contributed by atoms with van der Waals surface area (Å²) in [7, 11) is 0. The van der Waals surface area contributed by atoms with E-state index in [-0.39, 0.29) is 11.7 Å². The van der Waals surface area contributed by atoms with Crippen molar-refractivity contribution in [3.63, 3.8) is 0 Å². The lowest BCUT2D eigenvalue weighted by atomic mass is 10.2. The van der Waals surface area contributed by atoms with Crippen LogP contribution in [-0.2, 0) is 9.59 Å². The van der Waals surface area contributed by atoms with Crippen molar-refractivity contribution in [3.05, 3.63) is 58.3 Å². The Kier molecular flexibility index (Phi) is 7.12. The van der Waals surface area contributed by atoms with Crippen molar-refractivity contribution in [1.82, 2.24) is 16.2 Å². The molecule has 130 valence electrons. The van der Waals surface area contributed by atoms with Crippen LogP contribution in [0, 0.1) is 6.92 Å². The maximum Gasteiger partial charge on any atom is 0.276 e. The van der Waals surface area contributed by atoms with Gasteiger partial charge in [-0.2, -0.15) is 0 Å². The first-order valence-electron chi connectivity index (χ1n) is 7.34. The van der Waals surface area contributed by atoms with Crippen LogP contribution < -0.4 is 20.9 Å². The van der Waals surface area contributed by atoms with Crippen molar-refractivity contribution in [1.29, 1.82) is 0 Å². The summed E-state index contributed by atoms with van der Waals surface area (Å²) in [6.07, 6.45) is 3.04. The Labute approximate surface area is 154 Å². The van der Waals surface area contributed by atoms with Crippen LogP contribution in [0.1, 0.15) is 10.4 Å². The van der Waals surface area contributed by atoms with Gasteiger partial charge in [-0.15, -0.1) is 11.3 Å². The quantitative estimate of drug-likeness (QED) is 0.424. The molecule has 0 aliphatic rings. The highest BCUT2D eigenvalue weighted by Crippen LogP contribution is 2.11. The van der Waals surface area contributed by atoms with Gasteiger partial charge in [-0.1, -0.05) is 23.8 Å². The number of carbonyl (C=O) groups excluding carboxylic acids is 2. The van der Waals surface area contributed by atoms with Gasteiger partial charge in [-0.05, 0) is 48.8 Å². The molecule has 0 radical (unpaired) electrons. The van der Waals surface area contributed by atoms with Gasteiger partial charge in [0.2, 0.25) is 5.91 Å². The summed E-state index contributed by atoms with van der Waals surface area (Å²) in [5.41, 5.74) is 5.89. The van der Waals surface area contributed by atoms with Crippen molar-refractivity contribution in [2.75, 3.05) is 6.61 Å². The second-order valence-electron chi connectivity index (χ2n) is 4.94. The molecule has 1 aromatic heterocycles. The molecule has 1 heterocycles. The second kappa shape index (κ2) is 9.55. The molecule has 0 bridgehead atoms. The zero-order valence-electron chi connectivity index (χ0n) is 13.4. The van der Waals surface area contributed by atoms with Gasteiger partial charge in [0.25, 0.3) is 5.91 Å². The summed E-state index contributed by atoms with van der Waals surface area (Å²) in [4.78, 5) is 24.3. The molecular formula is C17H17N3O3S2. The molecule has 0 saturated heterocycles. The third-order valence-corrected chi connectivity index (χ3v) is 3.93. The Morgan fingerprint density at radius 3 is 2.64 bits per heavy atom. The summed E-state index contributed by atoms with van der Waals surface area (Å²) in [6.45, 7) is 1.79. The number of ether oxygens (including phenoxy) is 1. The minimum atomic E-state index is -0.425. The molecule has 0 saturated carbocycles. The number of thiocarbonyl (C=S) groups is 1. The summed E-state index contributed by atoms with van der Waals surface area (Å²) in [5.74, 6) is -0.224. The number of benzene rings is 1. The summed E-state index contributed by atoms with van der Waals surface area (Å²) in [5, 5.41) is 4.33. The lowest BCUT2D eigenvalue weighted by Crippen LogP contribution is -2.49. The van der Waals surface area contributed by atoms with Crippen molar-refractivity contribution >= 4 is 46.6 Å². The van der Waals surface area contributed by atoms with E-state index in [1.165, 1.54) is 17.4 Å². The zero-order valence-corrected chi connectivity index (χ0v) is 15.1. The fourth-order valence-electron chi connectivity index (χ4n) is 1.67. The Hall–Kier alpha value is -2.71. The number of amides is 2. The molecule has 1 aromatic carbocycles. The SMILES string of the molecule is Cc1ccc(OCC(=O)NNC(=S)NC(=O)/C=C/c2cccs2)cc1. The third-order valence-electron chi connectivity index (χ3n) is 2.89. The molecule has 2 aromatic rings. The van der Waals surface area contributed by atoms with Gasteiger partial charge in [0.1, 0.15) is 5.75 Å². The van der Waals surface area contributed by atoms with E-state index < -0.39 is 11.8 Å². The van der Waals surface area contributed by atoms with Crippen LogP contribution in [0.4, 0.5) is 0 Å². The lowest BCUT2D eigenvalue weighted by molar-refractivity contribution is -0.123. The highest BCUT2D eigenvalue weighted by atomic mass is 32.1. The molecule has 8 heteroatoms. The van der Waals surface area contributed by atoms with Crippen molar-refractivity contribution in [3.8, 4) is 5.75 Å². The number of nitrogens with one attached hydrogen (secondary N) is 3. The first kappa shape index (κ1) is 18.6. The van der Waals surface area contributed by atoms with Gasteiger partial charge in [0.05, 0.1) is 0 Å². The number of aryl methyl sites for hydroxylation is 1. The Morgan fingerprint density at radius 2 is 1.96 bits per heavy atom. The van der Waals surface area contributed by atoms with E-state index in [1.54, 1.807) is 18.2 Å². The molecule has 0 unspecified atom stereocenters. The zero-order chi connectivity index (χ0) is 18.1. The molecule has 0 aliphatic carbocycles. The van der Waals surface area contributed by atoms with Gasteiger partial charge in [-0.25, -0.2) is 0 Å². The molecule has 2 rings (SSSR count). The highest BCUT2D eigenvalue weighted by Gasteiger charge is 2.05. The molecule has 25 heavy (non-hydrogen) atoms. The predicted octanol–water partition coefficient (Wildman–Crippen LogP) is 2.17. The summed E-state index contributed by atoms with van der Waals surface area (Å²) >= 11 is 6.44. The number of hydrogen-bond donors (Lipinski definition) is 3. The molecular weight excluding hydrogens is 358 g/mol. The van der Waals surface area contributed by atoms with Crippen LogP contribution in [0.5, 0.6) is 5.75 Å². The third kappa shape index (κ3) is 7.15. The van der Waals surface area contributed by atoms with Gasteiger partial charge >= 0.3 is 0 Å². The minimum absolute atomic E-state index is 0.00971. The first-order chi connectivity index (χ1) is 12.0. The van der Waals surface area contributed by atoms with Crippen LogP contribution >= 0.6 is 23.6 Å². The Bertz CT molecular complexity index is 756. The van der Waals surface area contributed by atoms with Crippen molar-refractivity contribution in [2.45, 2.75) is 6.92 Å². The predicted molar refractivity (Wildman–Crippen MR) is 102 cm³/mol. The molecule has 0 fully saturated rings. The summed E-state index contributed by atoms with van der Waals surface area (Å²) < 4.78 is 5.32. The average molecular weight is 375 g/mol. The molecule has 0 atom stereocenters. The van der Waals surface area contributed by atoms with Gasteiger partial charge < -0.3 is 4.74 Å². The fraction of sp³-hybridized carbons (Fsp3) is 0.118. The van der Waals surface area contributed by atoms with E-state index >= 15 is 0 Å². The summed E-state index contributed by atoms with van der Waals surface area (Å²) in [6, 6.07) is 11.1. The van der Waals surface area contributed by atoms with E-state index in [2.05, 4.69) is 16.2 Å². The number of thiophene rings is 1. The maximum atomic E-state index is 11.7. The van der Waals surface area contributed by atoms with Crippen molar-refractivity contribution < 1.29 is 14.3 Å². The number of rotatable bonds is 5. The number of hydrogen-bond acceptors (Lipinski definition) is 5. The topological polar surface area (TPSA) is 79.5 Å². The monoisotopic (exact) mass is 375 g/mol.